The largest absolute Gasteiger partial charge is 0.417 e. The first-order valence-electron chi connectivity index (χ1n) is 9.42. The van der Waals surface area contributed by atoms with Crippen molar-refractivity contribution in [3.05, 3.63) is 28.8 Å². The molecule has 1 saturated heterocycles. The van der Waals surface area contributed by atoms with Crippen molar-refractivity contribution in [2.24, 2.45) is 5.92 Å². The van der Waals surface area contributed by atoms with Crippen molar-refractivity contribution in [1.82, 2.24) is 14.9 Å². The maximum Gasteiger partial charge on any atom is 0.417 e. The maximum atomic E-state index is 13.0. The number of alkyl halides is 3. The van der Waals surface area contributed by atoms with Gasteiger partial charge in [-0.3, -0.25) is 9.59 Å². The Morgan fingerprint density at radius 2 is 1.77 bits per heavy atom. The van der Waals surface area contributed by atoms with Crippen LogP contribution in [0.1, 0.15) is 31.2 Å². The molecule has 0 atom stereocenters. The van der Waals surface area contributed by atoms with Gasteiger partial charge < -0.3 is 10.6 Å². The van der Waals surface area contributed by atoms with Crippen LogP contribution in [0.15, 0.2) is 23.1 Å². The van der Waals surface area contributed by atoms with E-state index in [1.54, 1.807) is 0 Å². The molecule has 0 radical (unpaired) electrons. The zero-order valence-corrected chi connectivity index (χ0v) is 17.4. The Morgan fingerprint density at radius 3 is 2.33 bits per heavy atom. The number of carbonyl (C=O) groups excluding carboxylic acids is 2. The minimum Gasteiger partial charge on any atom is -0.352 e. The lowest BCUT2D eigenvalue weighted by molar-refractivity contribution is -0.137. The summed E-state index contributed by atoms with van der Waals surface area (Å²) >= 11 is 5.55. The van der Waals surface area contributed by atoms with Gasteiger partial charge in [0.1, 0.15) is 0 Å². The summed E-state index contributed by atoms with van der Waals surface area (Å²) in [5, 5.41) is 4.71. The van der Waals surface area contributed by atoms with Crippen LogP contribution in [0.25, 0.3) is 0 Å². The maximum absolute atomic E-state index is 13.0. The van der Waals surface area contributed by atoms with Crippen LogP contribution in [0.5, 0.6) is 0 Å². The van der Waals surface area contributed by atoms with Crippen molar-refractivity contribution < 1.29 is 31.2 Å². The molecule has 12 heteroatoms. The second-order valence-electron chi connectivity index (χ2n) is 7.38. The standard InChI is InChI=1S/C18H21ClF3N3O4S/c19-15-4-3-13(9-14(15)18(20,21)22)30(28,29)25-7-5-11(6-8-25)17(27)23-10-16(26)24-12-1-2-12/h3-4,9,11-12H,1-2,5-8,10H2,(H,23,27)(H,24,26). The highest BCUT2D eigenvalue weighted by Gasteiger charge is 2.37. The van der Waals surface area contributed by atoms with Gasteiger partial charge in [-0.2, -0.15) is 17.5 Å². The van der Waals surface area contributed by atoms with E-state index in [-0.39, 0.29) is 50.3 Å². The SMILES string of the molecule is O=C(CNC(=O)C1CCN(S(=O)(=O)c2ccc(Cl)c(C(F)(F)F)c2)CC1)NC1CC1. The summed E-state index contributed by atoms with van der Waals surface area (Å²) < 4.78 is 65.6. The molecule has 166 valence electrons. The molecule has 1 aliphatic carbocycles. The Bertz CT molecular complexity index is 927. The van der Waals surface area contributed by atoms with E-state index >= 15 is 0 Å². The number of benzene rings is 1. The number of amides is 2. The van der Waals surface area contributed by atoms with E-state index in [4.69, 9.17) is 11.6 Å². The molecule has 1 aromatic carbocycles. The molecule has 2 amide bonds. The minimum absolute atomic E-state index is 0.0152. The van der Waals surface area contributed by atoms with Crippen molar-refractivity contribution in [3.8, 4) is 0 Å². The Morgan fingerprint density at radius 1 is 1.13 bits per heavy atom. The van der Waals surface area contributed by atoms with Crippen LogP contribution in [-0.4, -0.2) is 50.2 Å². The summed E-state index contributed by atoms with van der Waals surface area (Å²) in [6, 6.07) is 2.65. The van der Waals surface area contributed by atoms with Crippen molar-refractivity contribution in [2.75, 3.05) is 19.6 Å². The van der Waals surface area contributed by atoms with Gasteiger partial charge in [0.15, 0.2) is 0 Å². The van der Waals surface area contributed by atoms with Gasteiger partial charge in [-0.05, 0) is 43.9 Å². The summed E-state index contributed by atoms with van der Waals surface area (Å²) in [4.78, 5) is 23.4. The Labute approximate surface area is 177 Å². The number of rotatable bonds is 6. The second-order valence-corrected chi connectivity index (χ2v) is 9.72. The summed E-state index contributed by atoms with van der Waals surface area (Å²) in [5.41, 5.74) is -1.22. The number of hydrogen-bond acceptors (Lipinski definition) is 4. The molecule has 7 nitrogen and oxygen atoms in total. The Kier molecular flexibility index (Phi) is 6.63. The molecule has 2 fully saturated rings. The lowest BCUT2D eigenvalue weighted by Gasteiger charge is -2.30. The van der Waals surface area contributed by atoms with E-state index in [1.165, 1.54) is 0 Å². The predicted octanol–water partition coefficient (Wildman–Crippen LogP) is 2.15. The van der Waals surface area contributed by atoms with Crippen LogP contribution in [0, 0.1) is 5.92 Å². The number of nitrogens with one attached hydrogen (secondary N) is 2. The second kappa shape index (κ2) is 8.72. The van der Waals surface area contributed by atoms with Crippen LogP contribution in [0.3, 0.4) is 0 Å². The van der Waals surface area contributed by atoms with Gasteiger partial charge in [0.2, 0.25) is 21.8 Å². The molecule has 2 N–H and O–H groups in total. The van der Waals surface area contributed by atoms with Crippen LogP contribution >= 0.6 is 11.6 Å². The molecule has 3 rings (SSSR count). The fraction of sp³-hybridized carbons (Fsp3) is 0.556. The smallest absolute Gasteiger partial charge is 0.352 e. The van der Waals surface area contributed by atoms with Gasteiger partial charge in [0.25, 0.3) is 0 Å². The molecule has 0 spiro atoms. The van der Waals surface area contributed by atoms with Crippen molar-refractivity contribution >= 4 is 33.4 Å². The van der Waals surface area contributed by atoms with Gasteiger partial charge in [-0.25, -0.2) is 8.42 Å². The average molecular weight is 468 g/mol. The fourth-order valence-electron chi connectivity index (χ4n) is 3.21. The van der Waals surface area contributed by atoms with E-state index in [1.807, 2.05) is 0 Å². The molecule has 0 unspecified atom stereocenters. The zero-order chi connectivity index (χ0) is 22.1. The molecule has 1 saturated carbocycles. The predicted molar refractivity (Wildman–Crippen MR) is 102 cm³/mol. The summed E-state index contributed by atoms with van der Waals surface area (Å²) in [7, 11) is -4.16. The zero-order valence-electron chi connectivity index (χ0n) is 15.8. The summed E-state index contributed by atoms with van der Waals surface area (Å²) in [5.74, 6) is -1.08. The Hall–Kier alpha value is -1.85. The third-order valence-electron chi connectivity index (χ3n) is 5.07. The number of piperidine rings is 1. The van der Waals surface area contributed by atoms with Gasteiger partial charge in [0, 0.05) is 25.0 Å². The van der Waals surface area contributed by atoms with Crippen LogP contribution in [0.2, 0.25) is 5.02 Å². The highest BCUT2D eigenvalue weighted by molar-refractivity contribution is 7.89. The van der Waals surface area contributed by atoms with Crippen LogP contribution in [-0.2, 0) is 25.8 Å². The van der Waals surface area contributed by atoms with Gasteiger partial charge in [-0.1, -0.05) is 11.6 Å². The molecule has 1 aliphatic heterocycles. The highest BCUT2D eigenvalue weighted by Crippen LogP contribution is 2.36. The van der Waals surface area contributed by atoms with E-state index in [2.05, 4.69) is 10.6 Å². The molecule has 2 aliphatic rings. The van der Waals surface area contributed by atoms with Gasteiger partial charge in [0.05, 0.1) is 22.0 Å². The van der Waals surface area contributed by atoms with Crippen LogP contribution < -0.4 is 10.6 Å². The first-order chi connectivity index (χ1) is 14.0. The molecular formula is C18H21ClF3N3O4S. The van der Waals surface area contributed by atoms with Crippen molar-refractivity contribution in [2.45, 2.75) is 42.8 Å². The molecule has 0 aromatic heterocycles. The topological polar surface area (TPSA) is 95.6 Å². The first kappa shape index (κ1) is 22.8. The number of sulfonamides is 1. The molecular weight excluding hydrogens is 447 g/mol. The van der Waals surface area contributed by atoms with Crippen molar-refractivity contribution in [3.63, 3.8) is 0 Å². The van der Waals surface area contributed by atoms with Gasteiger partial charge in [-0.15, -0.1) is 0 Å². The number of nitrogens with zero attached hydrogens (tertiary/aromatic N) is 1. The van der Waals surface area contributed by atoms with Crippen LogP contribution in [0.4, 0.5) is 13.2 Å². The normalized spacial score (nSPS) is 18.8. The monoisotopic (exact) mass is 467 g/mol. The quantitative estimate of drug-likeness (QED) is 0.670. The summed E-state index contributed by atoms with van der Waals surface area (Å²) in [6.07, 6.45) is -2.50. The lowest BCUT2D eigenvalue weighted by atomic mass is 9.97. The molecule has 30 heavy (non-hydrogen) atoms. The summed E-state index contributed by atoms with van der Waals surface area (Å²) in [6.45, 7) is -0.170. The first-order valence-corrected chi connectivity index (χ1v) is 11.2. The lowest BCUT2D eigenvalue weighted by Crippen LogP contribution is -2.45. The van der Waals surface area contributed by atoms with E-state index in [0.29, 0.717) is 6.07 Å². The Balaban J connectivity index is 1.58. The van der Waals surface area contributed by atoms with E-state index < -0.39 is 37.6 Å². The third kappa shape index (κ3) is 5.44. The van der Waals surface area contributed by atoms with E-state index in [9.17, 15) is 31.2 Å². The number of halogens is 4. The third-order valence-corrected chi connectivity index (χ3v) is 7.30. The number of carbonyl (C=O) groups is 2. The molecule has 1 heterocycles. The van der Waals surface area contributed by atoms with Gasteiger partial charge >= 0.3 is 6.18 Å². The molecule has 0 bridgehead atoms. The molecule has 1 aromatic rings. The fourth-order valence-corrected chi connectivity index (χ4v) is 4.93. The average Bonchev–Trinajstić information content (AvgIpc) is 3.49. The highest BCUT2D eigenvalue weighted by atomic mass is 35.5. The van der Waals surface area contributed by atoms with E-state index in [0.717, 1.165) is 29.3 Å². The number of hydrogen-bond donors (Lipinski definition) is 2. The van der Waals surface area contributed by atoms with Crippen molar-refractivity contribution in [1.29, 1.82) is 0 Å². The minimum atomic E-state index is -4.78.